The van der Waals surface area contributed by atoms with Crippen LogP contribution in [0.1, 0.15) is 36.8 Å². The highest BCUT2D eigenvalue weighted by molar-refractivity contribution is 7.89. The molecule has 1 heterocycles. The van der Waals surface area contributed by atoms with Crippen LogP contribution in [0.3, 0.4) is 0 Å². The van der Waals surface area contributed by atoms with Crippen molar-refractivity contribution in [2.24, 2.45) is 5.73 Å². The van der Waals surface area contributed by atoms with Crippen molar-refractivity contribution in [2.75, 3.05) is 0 Å². The van der Waals surface area contributed by atoms with Gasteiger partial charge >= 0.3 is 0 Å². The van der Waals surface area contributed by atoms with Crippen LogP contribution in [0.15, 0.2) is 23.1 Å². The molecule has 114 valence electrons. The van der Waals surface area contributed by atoms with Crippen LogP contribution < -0.4 is 10.5 Å². The van der Waals surface area contributed by atoms with Crippen molar-refractivity contribution in [3.63, 3.8) is 0 Å². The first kappa shape index (κ1) is 15.5. The lowest BCUT2D eigenvalue weighted by molar-refractivity contribution is 0.560. The van der Waals surface area contributed by atoms with Gasteiger partial charge in [0, 0.05) is 6.54 Å². The Kier molecular flexibility index (Phi) is 4.66. The minimum atomic E-state index is -3.67. The Balaban J connectivity index is 2.27. The monoisotopic (exact) mass is 310 g/mol. The van der Waals surface area contributed by atoms with Crippen molar-refractivity contribution in [2.45, 2.75) is 37.8 Å². The van der Waals surface area contributed by atoms with E-state index in [1.165, 1.54) is 0 Å². The van der Waals surface area contributed by atoms with Crippen molar-refractivity contribution in [3.05, 3.63) is 35.2 Å². The Morgan fingerprint density at radius 1 is 1.38 bits per heavy atom. The molecule has 1 aromatic carbocycles. The van der Waals surface area contributed by atoms with Gasteiger partial charge in [-0.2, -0.15) is 5.21 Å². The molecule has 0 saturated carbocycles. The highest BCUT2D eigenvalue weighted by Crippen LogP contribution is 2.18. The van der Waals surface area contributed by atoms with E-state index >= 15 is 0 Å². The normalized spacial score (nSPS) is 13.3. The van der Waals surface area contributed by atoms with Crippen LogP contribution in [0.4, 0.5) is 0 Å². The quantitative estimate of drug-likeness (QED) is 0.702. The van der Waals surface area contributed by atoms with E-state index in [1.807, 2.05) is 6.92 Å². The first-order valence-electron chi connectivity index (χ1n) is 6.55. The van der Waals surface area contributed by atoms with Gasteiger partial charge < -0.3 is 5.73 Å². The molecule has 9 heteroatoms. The van der Waals surface area contributed by atoms with E-state index in [0.29, 0.717) is 6.54 Å². The number of sulfonamides is 1. The standard InChI is InChI=1S/C12H18N6O2S/c1-3-9-4-5-11(6-10(9)7-13)21(19,20)16-8(2)12-14-17-18-15-12/h4-6,8,16H,3,7,13H2,1-2H3,(H,14,15,17,18). The lowest BCUT2D eigenvalue weighted by atomic mass is 10.1. The fourth-order valence-electron chi connectivity index (χ4n) is 2.01. The molecule has 0 aliphatic rings. The van der Waals surface area contributed by atoms with Gasteiger partial charge in [-0.05, 0) is 36.6 Å². The molecule has 1 unspecified atom stereocenters. The van der Waals surface area contributed by atoms with Gasteiger partial charge in [-0.15, -0.1) is 10.2 Å². The number of H-pyrrole nitrogens is 1. The minimum absolute atomic E-state index is 0.176. The Morgan fingerprint density at radius 2 is 2.14 bits per heavy atom. The molecule has 8 nitrogen and oxygen atoms in total. The van der Waals surface area contributed by atoms with Crippen molar-refractivity contribution in [1.82, 2.24) is 25.3 Å². The lowest BCUT2D eigenvalue weighted by Crippen LogP contribution is -2.28. The van der Waals surface area contributed by atoms with Gasteiger partial charge in [0.15, 0.2) is 5.82 Å². The van der Waals surface area contributed by atoms with Crippen LogP contribution in [0.25, 0.3) is 0 Å². The summed E-state index contributed by atoms with van der Waals surface area (Å²) in [6, 6.07) is 4.38. The van der Waals surface area contributed by atoms with E-state index in [0.717, 1.165) is 17.5 Å². The number of tetrazole rings is 1. The second-order valence-electron chi connectivity index (χ2n) is 4.60. The molecule has 0 aliphatic heterocycles. The fraction of sp³-hybridized carbons (Fsp3) is 0.417. The third-order valence-corrected chi connectivity index (χ3v) is 4.71. The summed E-state index contributed by atoms with van der Waals surface area (Å²) in [5, 5.41) is 13.2. The highest BCUT2D eigenvalue weighted by atomic mass is 32.2. The van der Waals surface area contributed by atoms with Crippen LogP contribution >= 0.6 is 0 Å². The Labute approximate surface area is 123 Å². The topological polar surface area (TPSA) is 127 Å². The number of aryl methyl sites for hydroxylation is 1. The molecule has 21 heavy (non-hydrogen) atoms. The van der Waals surface area contributed by atoms with Gasteiger partial charge in [-0.1, -0.05) is 18.2 Å². The number of aromatic nitrogens is 4. The SMILES string of the molecule is CCc1ccc(S(=O)(=O)NC(C)c2nn[nH]n2)cc1CN. The number of benzene rings is 1. The first-order chi connectivity index (χ1) is 9.97. The Bertz CT molecular complexity index is 699. The molecule has 2 aromatic rings. The maximum atomic E-state index is 12.4. The molecule has 0 radical (unpaired) electrons. The third-order valence-electron chi connectivity index (χ3n) is 3.17. The number of rotatable bonds is 6. The van der Waals surface area contributed by atoms with Crippen LogP contribution in [0, 0.1) is 0 Å². The summed E-state index contributed by atoms with van der Waals surface area (Å²) < 4.78 is 27.2. The summed E-state index contributed by atoms with van der Waals surface area (Å²) in [5.74, 6) is 0.280. The van der Waals surface area contributed by atoms with E-state index < -0.39 is 16.1 Å². The van der Waals surface area contributed by atoms with Crippen molar-refractivity contribution in [1.29, 1.82) is 0 Å². The molecule has 2 rings (SSSR count). The lowest BCUT2D eigenvalue weighted by Gasteiger charge is -2.13. The highest BCUT2D eigenvalue weighted by Gasteiger charge is 2.21. The Morgan fingerprint density at radius 3 is 2.71 bits per heavy atom. The predicted molar refractivity (Wildman–Crippen MR) is 76.6 cm³/mol. The number of hydrogen-bond acceptors (Lipinski definition) is 6. The van der Waals surface area contributed by atoms with Gasteiger partial charge in [-0.25, -0.2) is 13.1 Å². The van der Waals surface area contributed by atoms with Gasteiger partial charge in [0.05, 0.1) is 10.9 Å². The maximum absolute atomic E-state index is 12.4. The smallest absolute Gasteiger partial charge is 0.241 e. The van der Waals surface area contributed by atoms with Crippen molar-refractivity contribution < 1.29 is 8.42 Å². The van der Waals surface area contributed by atoms with E-state index in [-0.39, 0.29) is 10.7 Å². The first-order valence-corrected chi connectivity index (χ1v) is 8.03. The number of hydrogen-bond donors (Lipinski definition) is 3. The molecular weight excluding hydrogens is 292 g/mol. The van der Waals surface area contributed by atoms with E-state index in [4.69, 9.17) is 5.73 Å². The average Bonchev–Trinajstić information content (AvgIpc) is 3.00. The average molecular weight is 310 g/mol. The summed E-state index contributed by atoms with van der Waals surface area (Å²) >= 11 is 0. The zero-order chi connectivity index (χ0) is 15.5. The summed E-state index contributed by atoms with van der Waals surface area (Å²) in [4.78, 5) is 0.176. The molecule has 0 fully saturated rings. The molecule has 0 bridgehead atoms. The zero-order valence-corrected chi connectivity index (χ0v) is 12.7. The number of nitrogens with one attached hydrogen (secondary N) is 2. The second-order valence-corrected chi connectivity index (χ2v) is 6.32. The van der Waals surface area contributed by atoms with Crippen LogP contribution in [0.2, 0.25) is 0 Å². The van der Waals surface area contributed by atoms with E-state index in [1.54, 1.807) is 25.1 Å². The molecule has 1 atom stereocenters. The van der Waals surface area contributed by atoms with Gasteiger partial charge in [0.2, 0.25) is 10.0 Å². The second kappa shape index (κ2) is 6.29. The Hall–Kier alpha value is -1.84. The van der Waals surface area contributed by atoms with Gasteiger partial charge in [-0.3, -0.25) is 0 Å². The molecule has 0 saturated heterocycles. The van der Waals surface area contributed by atoms with Crippen LogP contribution in [-0.2, 0) is 23.0 Å². The van der Waals surface area contributed by atoms with Gasteiger partial charge in [0.1, 0.15) is 0 Å². The van der Waals surface area contributed by atoms with E-state index in [2.05, 4.69) is 25.3 Å². The number of nitrogens with two attached hydrogens (primary N) is 1. The summed E-state index contributed by atoms with van der Waals surface area (Å²) in [5.41, 5.74) is 7.54. The molecule has 0 spiro atoms. The van der Waals surface area contributed by atoms with Crippen molar-refractivity contribution >= 4 is 10.0 Å². The summed E-state index contributed by atoms with van der Waals surface area (Å²) in [6.07, 6.45) is 0.805. The molecule has 0 amide bonds. The largest absolute Gasteiger partial charge is 0.326 e. The van der Waals surface area contributed by atoms with Crippen molar-refractivity contribution in [3.8, 4) is 0 Å². The van der Waals surface area contributed by atoms with Crippen LogP contribution in [-0.4, -0.2) is 29.0 Å². The summed E-state index contributed by atoms with van der Waals surface area (Å²) in [7, 11) is -3.67. The zero-order valence-electron chi connectivity index (χ0n) is 11.9. The molecular formula is C12H18N6O2S. The van der Waals surface area contributed by atoms with Crippen LogP contribution in [0.5, 0.6) is 0 Å². The molecule has 4 N–H and O–H groups in total. The minimum Gasteiger partial charge on any atom is -0.326 e. The third kappa shape index (κ3) is 3.43. The van der Waals surface area contributed by atoms with E-state index in [9.17, 15) is 8.42 Å². The molecule has 1 aromatic heterocycles. The number of aromatic amines is 1. The molecule has 0 aliphatic carbocycles. The van der Waals surface area contributed by atoms with Gasteiger partial charge in [0.25, 0.3) is 0 Å². The maximum Gasteiger partial charge on any atom is 0.241 e. The summed E-state index contributed by atoms with van der Waals surface area (Å²) in [6.45, 7) is 3.94. The number of nitrogens with zero attached hydrogens (tertiary/aromatic N) is 3. The predicted octanol–water partition coefficient (Wildman–Crippen LogP) is 0.260. The fourth-order valence-corrected chi connectivity index (χ4v) is 3.26.